The Kier molecular flexibility index (Phi) is 3.65. The highest BCUT2D eigenvalue weighted by Crippen LogP contribution is 2.17. The van der Waals surface area contributed by atoms with E-state index in [-0.39, 0.29) is 0 Å². The Labute approximate surface area is 73.0 Å². The maximum absolute atomic E-state index is 5.54. The first-order valence-corrected chi connectivity index (χ1v) is 4.57. The Morgan fingerprint density at radius 1 is 1.55 bits per heavy atom. The van der Waals surface area contributed by atoms with Crippen molar-refractivity contribution in [2.24, 2.45) is 0 Å². The number of nitrogens with zero attached hydrogens (tertiary/aromatic N) is 2. The van der Waals surface area contributed by atoms with Crippen LogP contribution in [0, 0.1) is 0 Å². The van der Waals surface area contributed by atoms with E-state index in [0.29, 0.717) is 6.10 Å². The number of rotatable bonds is 3. The van der Waals surface area contributed by atoms with Gasteiger partial charge < -0.3 is 4.90 Å². The molecule has 1 saturated heterocycles. The summed E-state index contributed by atoms with van der Waals surface area (Å²) in [7, 11) is 6.11. The molecule has 4 heteroatoms. The number of hydrogen-bond donors (Lipinski definition) is 0. The third kappa shape index (κ3) is 3.42. The lowest BCUT2D eigenvalue weighted by Crippen LogP contribution is -2.18. The Bertz CT molecular complexity index is 121. The van der Waals surface area contributed by atoms with Crippen LogP contribution < -0.4 is 0 Å². The Hall–Kier alpha value is 0.230. The second-order valence-corrected chi connectivity index (χ2v) is 4.23. The molecule has 1 heterocycles. The smallest absolute Gasteiger partial charge is 0.0875 e. The van der Waals surface area contributed by atoms with Crippen molar-refractivity contribution in [3.63, 3.8) is 0 Å². The molecule has 0 bridgehead atoms. The molecule has 0 N–H and O–H groups in total. The summed E-state index contributed by atoms with van der Waals surface area (Å²) in [4.78, 5) is 2.29. The molecule has 11 heavy (non-hydrogen) atoms. The minimum Gasteiger partial charge on any atom is -0.304 e. The Balaban J connectivity index is 2.08. The number of likely N-dealkylation sites (tertiary alicyclic amines) is 1. The number of hydrogen-bond acceptors (Lipinski definition) is 4. The molecule has 0 aromatic heterocycles. The van der Waals surface area contributed by atoms with E-state index in [4.69, 9.17) is 4.18 Å². The van der Waals surface area contributed by atoms with Crippen LogP contribution in [0.4, 0.5) is 0 Å². The maximum Gasteiger partial charge on any atom is 0.0875 e. The van der Waals surface area contributed by atoms with Crippen LogP contribution in [-0.4, -0.2) is 49.5 Å². The maximum atomic E-state index is 5.54. The third-order valence-corrected chi connectivity index (χ3v) is 2.33. The molecule has 1 aliphatic heterocycles. The van der Waals surface area contributed by atoms with Gasteiger partial charge in [0.05, 0.1) is 18.3 Å². The third-order valence-electron chi connectivity index (χ3n) is 1.68. The standard InChI is InChI=1S/C7H16N2OS/c1-8(2)11-10-7-4-5-9(3)6-7/h7H,4-6H2,1-3H3. The molecule has 66 valence electrons. The van der Waals surface area contributed by atoms with Crippen molar-refractivity contribution < 1.29 is 4.18 Å². The zero-order valence-electron chi connectivity index (χ0n) is 7.41. The lowest BCUT2D eigenvalue weighted by molar-refractivity contribution is 0.237. The van der Waals surface area contributed by atoms with Crippen LogP contribution in [0.5, 0.6) is 0 Å². The van der Waals surface area contributed by atoms with Gasteiger partial charge in [0.25, 0.3) is 0 Å². The zero-order chi connectivity index (χ0) is 8.27. The van der Waals surface area contributed by atoms with E-state index in [9.17, 15) is 0 Å². The molecule has 0 amide bonds. The molecular formula is C7H16N2OS. The second-order valence-electron chi connectivity index (χ2n) is 3.16. The van der Waals surface area contributed by atoms with Gasteiger partial charge in [-0.15, -0.1) is 0 Å². The van der Waals surface area contributed by atoms with Crippen LogP contribution in [0.1, 0.15) is 6.42 Å². The Morgan fingerprint density at radius 3 is 2.73 bits per heavy atom. The van der Waals surface area contributed by atoms with Crippen molar-refractivity contribution in [1.82, 2.24) is 9.21 Å². The van der Waals surface area contributed by atoms with Gasteiger partial charge in [-0.05, 0) is 27.6 Å². The van der Waals surface area contributed by atoms with Gasteiger partial charge in [0.15, 0.2) is 0 Å². The predicted octanol–water partition coefficient (Wildman–Crippen LogP) is 0.832. The fraction of sp³-hybridized carbons (Fsp3) is 1.00. The summed E-state index contributed by atoms with van der Waals surface area (Å²) in [5, 5.41) is 0. The highest BCUT2D eigenvalue weighted by atomic mass is 32.2. The molecule has 1 atom stereocenters. The van der Waals surface area contributed by atoms with Crippen LogP contribution in [0.2, 0.25) is 0 Å². The molecule has 0 aromatic carbocycles. The van der Waals surface area contributed by atoms with Crippen molar-refractivity contribution >= 4 is 12.2 Å². The average molecular weight is 176 g/mol. The van der Waals surface area contributed by atoms with Gasteiger partial charge in [0.1, 0.15) is 0 Å². The minimum absolute atomic E-state index is 0.424. The van der Waals surface area contributed by atoms with Crippen molar-refractivity contribution in [3.8, 4) is 0 Å². The van der Waals surface area contributed by atoms with Crippen LogP contribution in [0.3, 0.4) is 0 Å². The minimum atomic E-state index is 0.424. The molecule has 0 aliphatic carbocycles. The summed E-state index contributed by atoms with van der Waals surface area (Å²) < 4.78 is 7.51. The SMILES string of the molecule is CN1CCC(OSN(C)C)C1. The summed E-state index contributed by atoms with van der Waals surface area (Å²) in [6.45, 7) is 2.24. The van der Waals surface area contributed by atoms with Gasteiger partial charge in [0.2, 0.25) is 0 Å². The van der Waals surface area contributed by atoms with E-state index >= 15 is 0 Å². The molecule has 0 saturated carbocycles. The summed E-state index contributed by atoms with van der Waals surface area (Å²) >= 11 is 1.44. The summed E-state index contributed by atoms with van der Waals surface area (Å²) in [6, 6.07) is 0. The molecule has 1 fully saturated rings. The van der Waals surface area contributed by atoms with Crippen molar-refractivity contribution in [1.29, 1.82) is 0 Å². The highest BCUT2D eigenvalue weighted by molar-refractivity contribution is 7.92. The fourth-order valence-electron chi connectivity index (χ4n) is 1.12. The normalized spacial score (nSPS) is 26.7. The van der Waals surface area contributed by atoms with Gasteiger partial charge >= 0.3 is 0 Å². The van der Waals surface area contributed by atoms with E-state index in [1.165, 1.54) is 18.8 Å². The van der Waals surface area contributed by atoms with Gasteiger partial charge in [0, 0.05) is 13.1 Å². The summed E-state index contributed by atoms with van der Waals surface area (Å²) in [5.74, 6) is 0. The van der Waals surface area contributed by atoms with Crippen molar-refractivity contribution in [2.75, 3.05) is 34.2 Å². The van der Waals surface area contributed by atoms with E-state index in [1.54, 1.807) is 0 Å². The second kappa shape index (κ2) is 4.30. The predicted molar refractivity (Wildman–Crippen MR) is 48.3 cm³/mol. The molecular weight excluding hydrogens is 160 g/mol. The fourth-order valence-corrected chi connectivity index (χ4v) is 1.57. The highest BCUT2D eigenvalue weighted by Gasteiger charge is 2.20. The Morgan fingerprint density at radius 2 is 2.27 bits per heavy atom. The van der Waals surface area contributed by atoms with Crippen LogP contribution in [0.25, 0.3) is 0 Å². The van der Waals surface area contributed by atoms with Gasteiger partial charge in [-0.3, -0.25) is 4.18 Å². The van der Waals surface area contributed by atoms with E-state index < -0.39 is 0 Å². The van der Waals surface area contributed by atoms with E-state index in [0.717, 1.165) is 13.0 Å². The largest absolute Gasteiger partial charge is 0.304 e. The summed E-state index contributed by atoms with van der Waals surface area (Å²) in [6.07, 6.45) is 1.59. The topological polar surface area (TPSA) is 15.7 Å². The first-order chi connectivity index (χ1) is 5.18. The average Bonchev–Trinajstić information content (AvgIpc) is 2.31. The van der Waals surface area contributed by atoms with Gasteiger partial charge in [-0.25, -0.2) is 4.31 Å². The molecule has 3 nitrogen and oxygen atoms in total. The van der Waals surface area contributed by atoms with E-state index in [1.807, 2.05) is 18.4 Å². The molecule has 0 aromatic rings. The quantitative estimate of drug-likeness (QED) is 0.467. The van der Waals surface area contributed by atoms with Crippen LogP contribution in [-0.2, 0) is 4.18 Å². The van der Waals surface area contributed by atoms with Crippen molar-refractivity contribution in [3.05, 3.63) is 0 Å². The summed E-state index contributed by atoms with van der Waals surface area (Å²) in [5.41, 5.74) is 0. The number of likely N-dealkylation sites (N-methyl/N-ethyl adjacent to an activating group) is 1. The van der Waals surface area contributed by atoms with Crippen LogP contribution in [0.15, 0.2) is 0 Å². The van der Waals surface area contributed by atoms with Gasteiger partial charge in [-0.2, -0.15) is 0 Å². The zero-order valence-corrected chi connectivity index (χ0v) is 8.23. The molecule has 0 radical (unpaired) electrons. The lowest BCUT2D eigenvalue weighted by Gasteiger charge is -2.13. The van der Waals surface area contributed by atoms with Gasteiger partial charge in [-0.1, -0.05) is 0 Å². The molecule has 1 rings (SSSR count). The molecule has 0 spiro atoms. The first kappa shape index (κ1) is 9.32. The lowest BCUT2D eigenvalue weighted by atomic mass is 10.3. The molecule has 1 aliphatic rings. The van der Waals surface area contributed by atoms with Crippen LogP contribution >= 0.6 is 12.2 Å². The first-order valence-electron chi connectivity index (χ1n) is 3.88. The van der Waals surface area contributed by atoms with Crippen molar-refractivity contribution in [2.45, 2.75) is 12.5 Å². The monoisotopic (exact) mass is 176 g/mol. The van der Waals surface area contributed by atoms with E-state index in [2.05, 4.69) is 11.9 Å². The molecule has 1 unspecified atom stereocenters.